The third-order valence-electron chi connectivity index (χ3n) is 1.84. The first-order valence-corrected chi connectivity index (χ1v) is 5.57. The van der Waals surface area contributed by atoms with E-state index in [1.807, 2.05) is 24.5 Å². The highest BCUT2D eigenvalue weighted by molar-refractivity contribution is 7.98. The molecular formula is C10H13NO3S. The second-order valence-corrected chi connectivity index (χ2v) is 3.69. The van der Waals surface area contributed by atoms with E-state index in [4.69, 9.17) is 9.84 Å². The van der Waals surface area contributed by atoms with E-state index in [2.05, 4.69) is 5.32 Å². The third kappa shape index (κ3) is 3.36. The molecule has 0 atom stereocenters. The highest BCUT2D eigenvalue weighted by Crippen LogP contribution is 2.28. The van der Waals surface area contributed by atoms with Crippen molar-refractivity contribution in [1.29, 1.82) is 0 Å². The molecule has 0 radical (unpaired) electrons. The summed E-state index contributed by atoms with van der Waals surface area (Å²) in [6.07, 6.45) is 1.97. The number of rotatable bonds is 5. The molecule has 0 aromatic heterocycles. The van der Waals surface area contributed by atoms with Crippen LogP contribution < -0.4 is 10.1 Å². The molecule has 0 bridgehead atoms. The summed E-state index contributed by atoms with van der Waals surface area (Å²) in [4.78, 5) is 11.5. The lowest BCUT2D eigenvalue weighted by Gasteiger charge is -2.10. The quantitative estimate of drug-likeness (QED) is 0.752. The van der Waals surface area contributed by atoms with Gasteiger partial charge in [-0.2, -0.15) is 0 Å². The van der Waals surface area contributed by atoms with Crippen LogP contribution in [0.4, 0.5) is 5.69 Å². The van der Waals surface area contributed by atoms with Gasteiger partial charge in [0.1, 0.15) is 12.3 Å². The molecule has 0 amide bonds. The summed E-state index contributed by atoms with van der Waals surface area (Å²) >= 11 is 1.61. The monoisotopic (exact) mass is 227 g/mol. The number of carboxylic acid groups (broad SMARTS) is 1. The van der Waals surface area contributed by atoms with Gasteiger partial charge in [-0.25, -0.2) is 0 Å². The van der Waals surface area contributed by atoms with Gasteiger partial charge < -0.3 is 15.2 Å². The van der Waals surface area contributed by atoms with E-state index < -0.39 is 5.97 Å². The van der Waals surface area contributed by atoms with Crippen molar-refractivity contribution in [3.05, 3.63) is 18.2 Å². The number of carbonyl (C=O) groups is 1. The molecule has 15 heavy (non-hydrogen) atoms. The average Bonchev–Trinajstić information content (AvgIpc) is 2.25. The highest BCUT2D eigenvalue weighted by Gasteiger charge is 2.05. The zero-order valence-corrected chi connectivity index (χ0v) is 9.43. The topological polar surface area (TPSA) is 58.6 Å². The molecule has 0 aliphatic heterocycles. The van der Waals surface area contributed by atoms with Crippen LogP contribution in [0.5, 0.6) is 5.75 Å². The highest BCUT2D eigenvalue weighted by atomic mass is 32.2. The van der Waals surface area contributed by atoms with Crippen LogP contribution in [0.1, 0.15) is 0 Å². The first-order chi connectivity index (χ1) is 7.17. The van der Waals surface area contributed by atoms with E-state index in [9.17, 15) is 4.79 Å². The number of hydrogen-bond acceptors (Lipinski definition) is 4. The first-order valence-electron chi connectivity index (χ1n) is 4.35. The molecule has 0 saturated heterocycles. The van der Waals surface area contributed by atoms with Gasteiger partial charge in [-0.1, -0.05) is 0 Å². The van der Waals surface area contributed by atoms with Crippen LogP contribution in [0.15, 0.2) is 23.1 Å². The van der Waals surface area contributed by atoms with Crippen LogP contribution in [0, 0.1) is 0 Å². The van der Waals surface area contributed by atoms with Gasteiger partial charge in [0.2, 0.25) is 0 Å². The molecule has 4 nitrogen and oxygen atoms in total. The van der Waals surface area contributed by atoms with Crippen LogP contribution in [0.3, 0.4) is 0 Å². The molecule has 0 spiro atoms. The maximum atomic E-state index is 10.4. The van der Waals surface area contributed by atoms with Gasteiger partial charge in [0.05, 0.1) is 12.8 Å². The number of aliphatic carboxylic acids is 1. The van der Waals surface area contributed by atoms with Crippen LogP contribution in [-0.4, -0.2) is 31.0 Å². The Bertz CT molecular complexity index is 355. The lowest BCUT2D eigenvalue weighted by molar-refractivity contribution is -0.134. The molecule has 0 saturated carbocycles. The summed E-state index contributed by atoms with van der Waals surface area (Å²) in [6.45, 7) is -0.116. The van der Waals surface area contributed by atoms with E-state index in [1.165, 1.54) is 0 Å². The number of ether oxygens (including phenoxy) is 1. The third-order valence-corrected chi connectivity index (χ3v) is 2.56. The molecule has 1 aromatic rings. The predicted molar refractivity (Wildman–Crippen MR) is 60.9 cm³/mol. The molecule has 0 aliphatic rings. The van der Waals surface area contributed by atoms with E-state index in [0.717, 1.165) is 4.90 Å². The fourth-order valence-electron chi connectivity index (χ4n) is 1.12. The second kappa shape index (κ2) is 5.50. The Morgan fingerprint density at radius 2 is 2.33 bits per heavy atom. The van der Waals surface area contributed by atoms with Gasteiger partial charge in [-0.15, -0.1) is 11.8 Å². The van der Waals surface area contributed by atoms with Crippen molar-refractivity contribution in [2.24, 2.45) is 0 Å². The summed E-state index contributed by atoms with van der Waals surface area (Å²) < 4.78 is 5.15. The van der Waals surface area contributed by atoms with Gasteiger partial charge in [-0.3, -0.25) is 4.79 Å². The van der Waals surface area contributed by atoms with Crippen molar-refractivity contribution in [2.45, 2.75) is 4.90 Å². The Morgan fingerprint density at radius 1 is 1.60 bits per heavy atom. The standard InChI is InChI=1S/C10H13NO3S/c1-14-9-5-7(15-2)3-4-8(9)11-6-10(12)13/h3-5,11H,6H2,1-2H3,(H,12,13). The minimum atomic E-state index is -0.897. The molecule has 0 aliphatic carbocycles. The van der Waals surface area contributed by atoms with Crippen LogP contribution in [0.25, 0.3) is 0 Å². The molecule has 82 valence electrons. The van der Waals surface area contributed by atoms with Gasteiger partial charge in [0, 0.05) is 4.90 Å². The van der Waals surface area contributed by atoms with Crippen LogP contribution in [0.2, 0.25) is 0 Å². The number of hydrogen-bond donors (Lipinski definition) is 2. The van der Waals surface area contributed by atoms with E-state index in [-0.39, 0.29) is 6.54 Å². The van der Waals surface area contributed by atoms with Gasteiger partial charge in [-0.05, 0) is 24.5 Å². The number of nitrogens with one attached hydrogen (secondary N) is 1. The number of benzene rings is 1. The Morgan fingerprint density at radius 3 is 2.87 bits per heavy atom. The van der Waals surface area contributed by atoms with Crippen LogP contribution in [-0.2, 0) is 4.79 Å². The summed E-state index contributed by atoms with van der Waals surface area (Å²) in [5, 5.41) is 11.3. The minimum absolute atomic E-state index is 0.116. The molecule has 0 heterocycles. The summed E-state index contributed by atoms with van der Waals surface area (Å²) in [6, 6.07) is 5.60. The smallest absolute Gasteiger partial charge is 0.322 e. The Balaban J connectivity index is 2.82. The number of carboxylic acids is 1. The number of methoxy groups -OCH3 is 1. The van der Waals surface area contributed by atoms with Gasteiger partial charge in [0.15, 0.2) is 0 Å². The summed E-state index contributed by atoms with van der Waals surface area (Å²) in [5.74, 6) is -0.242. The molecule has 1 rings (SSSR count). The molecule has 0 unspecified atom stereocenters. The normalized spacial score (nSPS) is 9.73. The molecule has 2 N–H and O–H groups in total. The summed E-state index contributed by atoms with van der Waals surface area (Å²) in [7, 11) is 1.56. The Labute approximate surface area is 92.6 Å². The molecular weight excluding hydrogens is 214 g/mol. The van der Waals surface area contributed by atoms with Crippen molar-refractivity contribution in [3.8, 4) is 5.75 Å². The summed E-state index contributed by atoms with van der Waals surface area (Å²) in [5.41, 5.74) is 0.692. The maximum absolute atomic E-state index is 10.4. The fraction of sp³-hybridized carbons (Fsp3) is 0.300. The van der Waals surface area contributed by atoms with Crippen molar-refractivity contribution < 1.29 is 14.6 Å². The van der Waals surface area contributed by atoms with Crippen molar-refractivity contribution in [1.82, 2.24) is 0 Å². The largest absolute Gasteiger partial charge is 0.495 e. The molecule has 5 heteroatoms. The molecule has 1 aromatic carbocycles. The van der Waals surface area contributed by atoms with Gasteiger partial charge >= 0.3 is 5.97 Å². The van der Waals surface area contributed by atoms with Gasteiger partial charge in [0.25, 0.3) is 0 Å². The van der Waals surface area contributed by atoms with Crippen molar-refractivity contribution in [3.63, 3.8) is 0 Å². The number of anilines is 1. The zero-order valence-electron chi connectivity index (χ0n) is 8.61. The van der Waals surface area contributed by atoms with Crippen molar-refractivity contribution in [2.75, 3.05) is 25.2 Å². The predicted octanol–water partition coefficient (Wildman–Crippen LogP) is 1.91. The second-order valence-electron chi connectivity index (χ2n) is 2.81. The van der Waals surface area contributed by atoms with E-state index in [1.54, 1.807) is 18.9 Å². The first kappa shape index (κ1) is 11.7. The van der Waals surface area contributed by atoms with Crippen molar-refractivity contribution >= 4 is 23.4 Å². The SMILES string of the molecule is COc1cc(SC)ccc1NCC(=O)O. The van der Waals surface area contributed by atoms with Crippen LogP contribution >= 0.6 is 11.8 Å². The average molecular weight is 227 g/mol. The Kier molecular flexibility index (Phi) is 4.30. The Hall–Kier alpha value is -1.36. The lowest BCUT2D eigenvalue weighted by atomic mass is 10.3. The maximum Gasteiger partial charge on any atom is 0.322 e. The number of thioether (sulfide) groups is 1. The minimum Gasteiger partial charge on any atom is -0.495 e. The fourth-order valence-corrected chi connectivity index (χ4v) is 1.54. The van der Waals surface area contributed by atoms with E-state index in [0.29, 0.717) is 11.4 Å². The van der Waals surface area contributed by atoms with E-state index >= 15 is 0 Å². The lowest BCUT2D eigenvalue weighted by Crippen LogP contribution is -2.12. The zero-order chi connectivity index (χ0) is 11.3. The molecule has 0 fully saturated rings.